The second-order valence-electron chi connectivity index (χ2n) is 5.17. The van der Waals surface area contributed by atoms with E-state index in [1.54, 1.807) is 18.2 Å². The maximum absolute atomic E-state index is 13.4. The van der Waals surface area contributed by atoms with Gasteiger partial charge in [0, 0.05) is 12.0 Å². The molecule has 0 bridgehead atoms. The van der Waals surface area contributed by atoms with E-state index in [0.717, 1.165) is 0 Å². The van der Waals surface area contributed by atoms with Gasteiger partial charge in [-0.25, -0.2) is 4.39 Å². The second kappa shape index (κ2) is 6.12. The van der Waals surface area contributed by atoms with Gasteiger partial charge in [-0.1, -0.05) is 6.07 Å². The molecule has 1 N–H and O–H groups in total. The van der Waals surface area contributed by atoms with Crippen LogP contribution in [0.25, 0.3) is 6.08 Å². The van der Waals surface area contributed by atoms with Gasteiger partial charge in [0.2, 0.25) is 0 Å². The monoisotopic (exact) mass is 314 g/mol. The molecule has 0 atom stereocenters. The fraction of sp³-hybridized carbons (Fsp3) is 0.167. The summed E-state index contributed by atoms with van der Waals surface area (Å²) in [4.78, 5) is 12.6. The van der Waals surface area contributed by atoms with Gasteiger partial charge in [-0.05, 0) is 42.0 Å². The van der Waals surface area contributed by atoms with Gasteiger partial charge in [0.25, 0.3) is 0 Å². The number of methoxy groups -OCH3 is 1. The summed E-state index contributed by atoms with van der Waals surface area (Å²) in [5.74, 6) is -0.0190. The van der Waals surface area contributed by atoms with Crippen molar-refractivity contribution in [2.24, 2.45) is 0 Å². The standard InChI is InChI=1S/C18H15FO4/c1-22-17-4-2-11(9-15(17)20)8-12-6-7-23-16-5-3-13(19)10-14(16)18(12)21/h2-5,8-10,20H,6-7H2,1H3. The lowest BCUT2D eigenvalue weighted by molar-refractivity contribution is 0.103. The molecular formula is C18H15FO4. The lowest BCUT2D eigenvalue weighted by Crippen LogP contribution is -2.02. The van der Waals surface area contributed by atoms with Crippen molar-refractivity contribution >= 4 is 11.9 Å². The highest BCUT2D eigenvalue weighted by Crippen LogP contribution is 2.30. The van der Waals surface area contributed by atoms with Crippen molar-refractivity contribution in [2.75, 3.05) is 13.7 Å². The zero-order chi connectivity index (χ0) is 16.4. The van der Waals surface area contributed by atoms with Gasteiger partial charge in [0.15, 0.2) is 17.3 Å². The number of phenols is 1. The highest BCUT2D eigenvalue weighted by atomic mass is 19.1. The number of fused-ring (bicyclic) bond motifs is 1. The van der Waals surface area contributed by atoms with Crippen molar-refractivity contribution in [1.29, 1.82) is 0 Å². The number of Topliss-reactive ketones (excluding diaryl/α,β-unsaturated/α-hetero) is 1. The van der Waals surface area contributed by atoms with E-state index in [0.29, 0.717) is 35.7 Å². The molecule has 23 heavy (non-hydrogen) atoms. The summed E-state index contributed by atoms with van der Waals surface area (Å²) in [7, 11) is 1.46. The molecule has 0 saturated heterocycles. The third-order valence-corrected chi connectivity index (χ3v) is 3.65. The van der Waals surface area contributed by atoms with Gasteiger partial charge in [0.05, 0.1) is 19.3 Å². The molecule has 1 aliphatic rings. The van der Waals surface area contributed by atoms with Gasteiger partial charge in [-0.15, -0.1) is 0 Å². The number of rotatable bonds is 2. The minimum Gasteiger partial charge on any atom is -0.504 e. The lowest BCUT2D eigenvalue weighted by atomic mass is 9.99. The summed E-state index contributed by atoms with van der Waals surface area (Å²) < 4.78 is 23.9. The number of ether oxygens (including phenoxy) is 2. The average Bonchev–Trinajstić information content (AvgIpc) is 2.68. The Balaban J connectivity index is 1.99. The topological polar surface area (TPSA) is 55.8 Å². The summed E-state index contributed by atoms with van der Waals surface area (Å²) in [6, 6.07) is 8.77. The Labute approximate surface area is 132 Å². The van der Waals surface area contributed by atoms with Gasteiger partial charge < -0.3 is 14.6 Å². The average molecular weight is 314 g/mol. The van der Waals surface area contributed by atoms with Crippen LogP contribution in [0, 0.1) is 5.82 Å². The first-order valence-corrected chi connectivity index (χ1v) is 7.13. The second-order valence-corrected chi connectivity index (χ2v) is 5.17. The Morgan fingerprint density at radius 1 is 1.26 bits per heavy atom. The molecule has 118 valence electrons. The predicted octanol–water partition coefficient (Wildman–Crippen LogP) is 3.59. The van der Waals surface area contributed by atoms with Crippen molar-refractivity contribution in [1.82, 2.24) is 0 Å². The molecule has 3 rings (SSSR count). The quantitative estimate of drug-likeness (QED) is 0.861. The molecule has 0 spiro atoms. The van der Waals surface area contributed by atoms with E-state index in [1.807, 2.05) is 0 Å². The Morgan fingerprint density at radius 2 is 2.09 bits per heavy atom. The van der Waals surface area contributed by atoms with Crippen molar-refractivity contribution in [2.45, 2.75) is 6.42 Å². The first-order chi connectivity index (χ1) is 11.1. The Hall–Kier alpha value is -2.82. The normalized spacial score (nSPS) is 15.7. The van der Waals surface area contributed by atoms with Crippen molar-refractivity contribution in [3.63, 3.8) is 0 Å². The molecule has 0 fully saturated rings. The number of phenolic OH excluding ortho intramolecular Hbond substituents is 1. The first kappa shape index (κ1) is 15.1. The number of benzene rings is 2. The highest BCUT2D eigenvalue weighted by molar-refractivity contribution is 6.13. The van der Waals surface area contributed by atoms with Crippen LogP contribution < -0.4 is 9.47 Å². The molecule has 2 aromatic carbocycles. The van der Waals surface area contributed by atoms with Gasteiger partial charge in [-0.2, -0.15) is 0 Å². The van der Waals surface area contributed by atoms with E-state index in [4.69, 9.17) is 9.47 Å². The number of halogens is 1. The smallest absolute Gasteiger partial charge is 0.192 e. The molecule has 2 aromatic rings. The van der Waals surface area contributed by atoms with Crippen LogP contribution in [0.1, 0.15) is 22.3 Å². The minimum atomic E-state index is -0.482. The minimum absolute atomic E-state index is 0.00869. The van der Waals surface area contributed by atoms with Crippen molar-refractivity contribution in [3.8, 4) is 17.2 Å². The van der Waals surface area contributed by atoms with E-state index in [9.17, 15) is 14.3 Å². The van der Waals surface area contributed by atoms with Crippen LogP contribution in [0.2, 0.25) is 0 Å². The fourth-order valence-corrected chi connectivity index (χ4v) is 2.50. The van der Waals surface area contributed by atoms with Crippen LogP contribution in [-0.2, 0) is 0 Å². The largest absolute Gasteiger partial charge is 0.504 e. The van der Waals surface area contributed by atoms with Crippen LogP contribution >= 0.6 is 0 Å². The third-order valence-electron chi connectivity index (χ3n) is 3.65. The molecule has 5 heteroatoms. The van der Waals surface area contributed by atoms with E-state index < -0.39 is 5.82 Å². The zero-order valence-corrected chi connectivity index (χ0v) is 12.5. The molecule has 1 aliphatic heterocycles. The van der Waals surface area contributed by atoms with Crippen LogP contribution in [0.4, 0.5) is 4.39 Å². The summed E-state index contributed by atoms with van der Waals surface area (Å²) in [6.07, 6.45) is 2.08. The summed E-state index contributed by atoms with van der Waals surface area (Å²) in [5.41, 5.74) is 1.37. The summed E-state index contributed by atoms with van der Waals surface area (Å²) >= 11 is 0. The maximum Gasteiger partial charge on any atom is 0.192 e. The molecule has 0 amide bonds. The lowest BCUT2D eigenvalue weighted by Gasteiger charge is -2.06. The van der Waals surface area contributed by atoms with Crippen LogP contribution in [0.15, 0.2) is 42.0 Å². The number of ketones is 1. The highest BCUT2D eigenvalue weighted by Gasteiger charge is 2.21. The number of carbonyl (C=O) groups excluding carboxylic acids is 1. The van der Waals surface area contributed by atoms with E-state index in [1.165, 1.54) is 31.4 Å². The predicted molar refractivity (Wildman–Crippen MR) is 83.5 cm³/mol. The number of carbonyl (C=O) groups is 1. The molecule has 0 aromatic heterocycles. The molecule has 1 heterocycles. The number of aromatic hydroxyl groups is 1. The molecule has 0 unspecified atom stereocenters. The van der Waals surface area contributed by atoms with E-state index >= 15 is 0 Å². The molecule has 0 saturated carbocycles. The van der Waals surface area contributed by atoms with Crippen LogP contribution in [0.5, 0.6) is 17.2 Å². The molecular weight excluding hydrogens is 299 g/mol. The van der Waals surface area contributed by atoms with Crippen LogP contribution in [-0.4, -0.2) is 24.6 Å². The van der Waals surface area contributed by atoms with E-state index in [2.05, 4.69) is 0 Å². The van der Waals surface area contributed by atoms with Crippen LogP contribution in [0.3, 0.4) is 0 Å². The van der Waals surface area contributed by atoms with Crippen molar-refractivity contribution < 1.29 is 23.8 Å². The van der Waals surface area contributed by atoms with Gasteiger partial charge in [-0.3, -0.25) is 4.79 Å². The number of hydrogen-bond donors (Lipinski definition) is 1. The zero-order valence-electron chi connectivity index (χ0n) is 12.5. The SMILES string of the molecule is COc1ccc(C=C2CCOc3ccc(F)cc3C2=O)cc1O. The van der Waals surface area contributed by atoms with Gasteiger partial charge >= 0.3 is 0 Å². The fourth-order valence-electron chi connectivity index (χ4n) is 2.50. The maximum atomic E-state index is 13.4. The first-order valence-electron chi connectivity index (χ1n) is 7.13. The Bertz CT molecular complexity index is 796. The van der Waals surface area contributed by atoms with E-state index in [-0.39, 0.29) is 17.1 Å². The Morgan fingerprint density at radius 3 is 2.83 bits per heavy atom. The summed E-state index contributed by atoms with van der Waals surface area (Å²) in [6.45, 7) is 0.332. The van der Waals surface area contributed by atoms with Gasteiger partial charge in [0.1, 0.15) is 11.6 Å². The Kier molecular flexibility index (Phi) is 4.02. The summed E-state index contributed by atoms with van der Waals surface area (Å²) in [5, 5.41) is 9.82. The molecule has 0 aliphatic carbocycles. The third kappa shape index (κ3) is 3.04. The molecule has 0 radical (unpaired) electrons. The van der Waals surface area contributed by atoms with Crippen molar-refractivity contribution in [3.05, 3.63) is 58.9 Å². The molecule has 4 nitrogen and oxygen atoms in total. The number of hydrogen-bond acceptors (Lipinski definition) is 4.